The molecule has 0 aliphatic carbocycles. The fourth-order valence-corrected chi connectivity index (χ4v) is 2.28. The van der Waals surface area contributed by atoms with E-state index in [2.05, 4.69) is 23.4 Å². The molecule has 0 unspecified atom stereocenters. The van der Waals surface area contributed by atoms with Crippen molar-refractivity contribution in [3.8, 4) is 10.6 Å². The van der Waals surface area contributed by atoms with Crippen LogP contribution in [0.4, 0.5) is 0 Å². The molecule has 2 rings (SSSR count). The number of thiophene rings is 1. The number of nitrogens with two attached hydrogens (primary N) is 1. The maximum absolute atomic E-state index is 5.49. The van der Waals surface area contributed by atoms with Crippen LogP contribution in [0.25, 0.3) is 10.6 Å². The van der Waals surface area contributed by atoms with Crippen LogP contribution in [0.5, 0.6) is 0 Å². The molecule has 0 fully saturated rings. The van der Waals surface area contributed by atoms with Crippen LogP contribution in [0.1, 0.15) is 18.4 Å². The van der Waals surface area contributed by atoms with Crippen molar-refractivity contribution in [1.82, 2.24) is 4.98 Å². The first-order chi connectivity index (χ1) is 6.85. The minimum atomic E-state index is 0.354. The fraction of sp³-hybridized carbons (Fsp3) is 0.300. The second-order valence-corrected chi connectivity index (χ2v) is 3.87. The van der Waals surface area contributed by atoms with Gasteiger partial charge in [-0.05, 0) is 23.4 Å². The first kappa shape index (κ1) is 9.43. The van der Waals surface area contributed by atoms with Gasteiger partial charge in [-0.25, -0.2) is 4.98 Å². The molecule has 0 amide bonds. The summed E-state index contributed by atoms with van der Waals surface area (Å²) >= 11 is 1.68. The van der Waals surface area contributed by atoms with Crippen LogP contribution in [-0.4, -0.2) is 4.98 Å². The highest BCUT2D eigenvalue weighted by molar-refractivity contribution is 7.13. The van der Waals surface area contributed by atoms with Gasteiger partial charge < -0.3 is 10.2 Å². The van der Waals surface area contributed by atoms with Gasteiger partial charge in [-0.1, -0.05) is 6.92 Å². The smallest absolute Gasteiger partial charge is 0.208 e. The third-order valence-electron chi connectivity index (χ3n) is 2.08. The lowest BCUT2D eigenvalue weighted by Gasteiger charge is -1.95. The normalized spacial score (nSPS) is 10.7. The average Bonchev–Trinajstić information content (AvgIpc) is 2.85. The Hall–Kier alpha value is -1.13. The summed E-state index contributed by atoms with van der Waals surface area (Å²) in [5, 5.41) is 2.07. The van der Waals surface area contributed by atoms with Crippen LogP contribution in [0, 0.1) is 0 Å². The summed E-state index contributed by atoms with van der Waals surface area (Å²) in [4.78, 5) is 5.25. The third-order valence-corrected chi connectivity index (χ3v) is 3.05. The average molecular weight is 208 g/mol. The molecule has 4 heteroatoms. The lowest BCUT2D eigenvalue weighted by molar-refractivity contribution is 0.510. The van der Waals surface area contributed by atoms with E-state index in [0.29, 0.717) is 12.4 Å². The Morgan fingerprint density at radius 3 is 3.07 bits per heavy atom. The van der Waals surface area contributed by atoms with E-state index in [1.807, 2.05) is 0 Å². The van der Waals surface area contributed by atoms with Gasteiger partial charge in [-0.2, -0.15) is 0 Å². The van der Waals surface area contributed by atoms with Crippen LogP contribution in [0.15, 0.2) is 22.1 Å². The van der Waals surface area contributed by atoms with Gasteiger partial charge in [0.05, 0.1) is 17.6 Å². The van der Waals surface area contributed by atoms with Crippen molar-refractivity contribution < 1.29 is 4.42 Å². The van der Waals surface area contributed by atoms with Crippen LogP contribution in [0.2, 0.25) is 0 Å². The molecule has 3 nitrogen and oxygen atoms in total. The predicted molar refractivity (Wildman–Crippen MR) is 57.1 cm³/mol. The highest BCUT2D eigenvalue weighted by atomic mass is 32.1. The monoisotopic (exact) mass is 208 g/mol. The summed E-state index contributed by atoms with van der Waals surface area (Å²) in [6.07, 6.45) is 2.75. The molecular formula is C10H12N2OS. The third kappa shape index (κ3) is 1.58. The minimum absolute atomic E-state index is 0.354. The van der Waals surface area contributed by atoms with Crippen molar-refractivity contribution in [1.29, 1.82) is 0 Å². The molecule has 0 radical (unpaired) electrons. The van der Waals surface area contributed by atoms with Crippen molar-refractivity contribution in [2.75, 3.05) is 0 Å². The molecule has 0 bridgehead atoms. The van der Waals surface area contributed by atoms with Gasteiger partial charge >= 0.3 is 0 Å². The number of aromatic nitrogens is 1. The summed E-state index contributed by atoms with van der Waals surface area (Å²) in [6, 6.07) is 2.12. The standard InChI is InChI=1S/C10H12N2OS/c1-2-7-3-4-14-10(7)8-6-12-9(5-11)13-8/h3-4,6H,2,5,11H2,1H3. The first-order valence-electron chi connectivity index (χ1n) is 4.56. The Bertz CT molecular complexity index is 419. The van der Waals surface area contributed by atoms with Gasteiger partial charge in [-0.3, -0.25) is 0 Å². The SMILES string of the molecule is CCc1ccsc1-c1cnc(CN)o1. The lowest BCUT2D eigenvalue weighted by Crippen LogP contribution is -1.94. The topological polar surface area (TPSA) is 52.0 Å². The molecule has 0 saturated carbocycles. The largest absolute Gasteiger partial charge is 0.438 e. The van der Waals surface area contributed by atoms with Crippen molar-refractivity contribution in [2.24, 2.45) is 5.73 Å². The molecule has 2 N–H and O–H groups in total. The van der Waals surface area contributed by atoms with E-state index in [9.17, 15) is 0 Å². The van der Waals surface area contributed by atoms with E-state index in [0.717, 1.165) is 12.2 Å². The Balaban J connectivity index is 2.38. The van der Waals surface area contributed by atoms with Gasteiger partial charge in [-0.15, -0.1) is 11.3 Å². The summed E-state index contributed by atoms with van der Waals surface area (Å²) in [5.74, 6) is 1.42. The Labute approximate surface area is 86.6 Å². The zero-order valence-corrected chi connectivity index (χ0v) is 8.80. The molecule has 0 saturated heterocycles. The molecule has 0 aromatic carbocycles. The molecule has 2 aromatic heterocycles. The number of rotatable bonds is 3. The van der Waals surface area contributed by atoms with Crippen molar-refractivity contribution in [3.63, 3.8) is 0 Å². The second kappa shape index (κ2) is 3.94. The number of aryl methyl sites for hydroxylation is 1. The predicted octanol–water partition coefficient (Wildman–Crippen LogP) is 2.42. The lowest BCUT2D eigenvalue weighted by atomic mass is 10.2. The van der Waals surface area contributed by atoms with Gasteiger partial charge in [0.2, 0.25) is 5.89 Å². The molecular weight excluding hydrogens is 196 g/mol. The quantitative estimate of drug-likeness (QED) is 0.842. The van der Waals surface area contributed by atoms with Gasteiger partial charge in [0, 0.05) is 0 Å². The highest BCUT2D eigenvalue weighted by Gasteiger charge is 2.10. The molecule has 0 aliphatic heterocycles. The first-order valence-corrected chi connectivity index (χ1v) is 5.44. The summed E-state index contributed by atoms with van der Waals surface area (Å²) in [6.45, 7) is 2.48. The fourth-order valence-electron chi connectivity index (χ4n) is 1.34. The van der Waals surface area contributed by atoms with E-state index in [4.69, 9.17) is 10.2 Å². The number of hydrogen-bond donors (Lipinski definition) is 1. The summed E-state index contributed by atoms with van der Waals surface area (Å²) in [5.41, 5.74) is 6.73. The molecule has 74 valence electrons. The van der Waals surface area contributed by atoms with Gasteiger partial charge in [0.15, 0.2) is 5.76 Å². The van der Waals surface area contributed by atoms with Crippen molar-refractivity contribution in [3.05, 3.63) is 29.1 Å². The molecule has 14 heavy (non-hydrogen) atoms. The Morgan fingerprint density at radius 1 is 1.57 bits per heavy atom. The highest BCUT2D eigenvalue weighted by Crippen LogP contribution is 2.30. The van der Waals surface area contributed by atoms with Gasteiger partial charge in [0.1, 0.15) is 0 Å². The van der Waals surface area contributed by atoms with Crippen LogP contribution < -0.4 is 5.73 Å². The summed E-state index contributed by atoms with van der Waals surface area (Å²) in [7, 11) is 0. The van der Waals surface area contributed by atoms with E-state index in [-0.39, 0.29) is 0 Å². The van der Waals surface area contributed by atoms with Crippen molar-refractivity contribution >= 4 is 11.3 Å². The molecule has 0 aliphatic rings. The van der Waals surface area contributed by atoms with Gasteiger partial charge in [0.25, 0.3) is 0 Å². The van der Waals surface area contributed by atoms with Crippen LogP contribution >= 0.6 is 11.3 Å². The van der Waals surface area contributed by atoms with E-state index >= 15 is 0 Å². The number of nitrogens with zero attached hydrogens (tertiary/aromatic N) is 1. The zero-order chi connectivity index (χ0) is 9.97. The second-order valence-electron chi connectivity index (χ2n) is 2.95. The summed E-state index contributed by atoms with van der Waals surface area (Å²) < 4.78 is 5.49. The van der Waals surface area contributed by atoms with E-state index in [1.54, 1.807) is 17.5 Å². The molecule has 2 aromatic rings. The van der Waals surface area contributed by atoms with Crippen molar-refractivity contribution in [2.45, 2.75) is 19.9 Å². The Kier molecular flexibility index (Phi) is 2.65. The maximum Gasteiger partial charge on any atom is 0.208 e. The molecule has 0 atom stereocenters. The maximum atomic E-state index is 5.49. The molecule has 0 spiro atoms. The van der Waals surface area contributed by atoms with Crippen LogP contribution in [0.3, 0.4) is 0 Å². The van der Waals surface area contributed by atoms with E-state index in [1.165, 1.54) is 10.4 Å². The van der Waals surface area contributed by atoms with Crippen LogP contribution in [-0.2, 0) is 13.0 Å². The number of hydrogen-bond acceptors (Lipinski definition) is 4. The zero-order valence-electron chi connectivity index (χ0n) is 7.99. The minimum Gasteiger partial charge on any atom is -0.438 e. The van der Waals surface area contributed by atoms with E-state index < -0.39 is 0 Å². The Morgan fingerprint density at radius 2 is 2.43 bits per heavy atom. The number of oxazole rings is 1. The molecule has 2 heterocycles.